The van der Waals surface area contributed by atoms with Crippen LogP contribution in [0.1, 0.15) is 22.8 Å². The number of hydrogen-bond acceptors (Lipinski definition) is 5. The van der Waals surface area contributed by atoms with Gasteiger partial charge >= 0.3 is 0 Å². The number of benzene rings is 2. The molecule has 1 unspecified atom stereocenters. The highest BCUT2D eigenvalue weighted by Crippen LogP contribution is 2.13. The van der Waals surface area contributed by atoms with Crippen LogP contribution in [0.15, 0.2) is 48.5 Å². The highest BCUT2D eigenvalue weighted by molar-refractivity contribution is 5.98. The predicted molar refractivity (Wildman–Crippen MR) is 102 cm³/mol. The Morgan fingerprint density at radius 2 is 1.71 bits per heavy atom. The summed E-state index contributed by atoms with van der Waals surface area (Å²) in [5.74, 6) is -1.18. The number of likely N-dealkylation sites (N-methyl/N-ethyl adjacent to an activating group) is 1. The van der Waals surface area contributed by atoms with E-state index in [-0.39, 0.29) is 18.1 Å². The minimum atomic E-state index is -0.961. The molecule has 144 valence electrons. The summed E-state index contributed by atoms with van der Waals surface area (Å²) in [6.07, 6.45) is 1.88. The number of phenols is 1. The van der Waals surface area contributed by atoms with Crippen molar-refractivity contribution in [1.29, 1.82) is 5.26 Å². The quantitative estimate of drug-likeness (QED) is 0.519. The number of nitrogens with one attached hydrogen (secondary N) is 2. The number of aromatic hydroxyl groups is 1. The van der Waals surface area contributed by atoms with E-state index in [1.54, 1.807) is 30.5 Å². The van der Waals surface area contributed by atoms with E-state index in [9.17, 15) is 19.5 Å². The predicted octanol–water partition coefficient (Wildman–Crippen LogP) is 1.63. The van der Waals surface area contributed by atoms with Crippen LogP contribution in [-0.2, 0) is 16.0 Å². The van der Waals surface area contributed by atoms with Gasteiger partial charge in [0.25, 0.3) is 11.8 Å². The largest absolute Gasteiger partial charge is 0.508 e. The van der Waals surface area contributed by atoms with Crippen LogP contribution in [0.5, 0.6) is 5.75 Å². The average molecular weight is 380 g/mol. The smallest absolute Gasteiger partial charge is 0.258 e. The number of carbonyl (C=O) groups is 3. The molecule has 2 rings (SSSR count). The maximum atomic E-state index is 12.6. The van der Waals surface area contributed by atoms with Gasteiger partial charge in [-0.05, 0) is 42.0 Å². The second-order valence-electron chi connectivity index (χ2n) is 6.15. The van der Waals surface area contributed by atoms with Crippen LogP contribution in [0.25, 0.3) is 0 Å². The molecule has 28 heavy (non-hydrogen) atoms. The maximum absolute atomic E-state index is 12.6. The molecule has 0 fully saturated rings. The van der Waals surface area contributed by atoms with Gasteiger partial charge in [0.1, 0.15) is 11.8 Å². The van der Waals surface area contributed by atoms with Gasteiger partial charge in [0.2, 0.25) is 5.91 Å². The first-order chi connectivity index (χ1) is 13.3. The van der Waals surface area contributed by atoms with Gasteiger partial charge in [0.05, 0.1) is 0 Å². The molecule has 0 radical (unpaired) electrons. The van der Waals surface area contributed by atoms with Crippen molar-refractivity contribution in [3.8, 4) is 11.9 Å². The second kappa shape index (κ2) is 9.19. The van der Waals surface area contributed by atoms with Gasteiger partial charge in [0.15, 0.2) is 6.19 Å². The van der Waals surface area contributed by atoms with Crippen molar-refractivity contribution >= 4 is 23.4 Å². The van der Waals surface area contributed by atoms with E-state index in [0.717, 1.165) is 4.90 Å². The fourth-order valence-corrected chi connectivity index (χ4v) is 2.50. The van der Waals surface area contributed by atoms with Crippen LogP contribution in [0.4, 0.5) is 5.69 Å². The topological polar surface area (TPSA) is 123 Å². The molecule has 2 aromatic carbocycles. The standard InChI is InChI=1S/C20H20N4O4/c1-13(25)22-16-7-5-15(6-8-16)19(27)23-18(20(28)24(2)12-21)11-14-3-9-17(26)10-4-14/h3-10,18,26H,11H2,1-2H3,(H,22,25)(H,23,27). The highest BCUT2D eigenvalue weighted by atomic mass is 16.3. The molecule has 3 N–H and O–H groups in total. The Labute approximate surface area is 162 Å². The first kappa shape index (κ1) is 20.5. The van der Waals surface area contributed by atoms with Crippen LogP contribution < -0.4 is 10.6 Å². The molecule has 0 aliphatic heterocycles. The number of nitriles is 1. The number of hydrogen-bond donors (Lipinski definition) is 3. The van der Waals surface area contributed by atoms with Crippen molar-refractivity contribution < 1.29 is 19.5 Å². The van der Waals surface area contributed by atoms with E-state index >= 15 is 0 Å². The molecule has 0 saturated carbocycles. The van der Waals surface area contributed by atoms with E-state index in [4.69, 9.17) is 5.26 Å². The normalized spacial score (nSPS) is 11.0. The Bertz CT molecular complexity index is 901. The third-order valence-corrected chi connectivity index (χ3v) is 3.93. The van der Waals surface area contributed by atoms with Crippen LogP contribution in [0.2, 0.25) is 0 Å². The first-order valence-corrected chi connectivity index (χ1v) is 8.44. The molecular formula is C20H20N4O4. The molecule has 0 aliphatic rings. The number of nitrogens with zero attached hydrogens (tertiary/aromatic N) is 2. The van der Waals surface area contributed by atoms with Crippen molar-refractivity contribution in [1.82, 2.24) is 10.2 Å². The second-order valence-corrected chi connectivity index (χ2v) is 6.15. The summed E-state index contributed by atoms with van der Waals surface area (Å²) in [6, 6.07) is 11.5. The fraction of sp³-hybridized carbons (Fsp3) is 0.200. The maximum Gasteiger partial charge on any atom is 0.258 e. The average Bonchev–Trinajstić information content (AvgIpc) is 2.68. The van der Waals surface area contributed by atoms with E-state index < -0.39 is 17.9 Å². The Hall–Kier alpha value is -3.86. The first-order valence-electron chi connectivity index (χ1n) is 8.44. The Morgan fingerprint density at radius 3 is 2.25 bits per heavy atom. The zero-order valence-electron chi connectivity index (χ0n) is 15.5. The monoisotopic (exact) mass is 380 g/mol. The van der Waals surface area contributed by atoms with Crippen LogP contribution in [-0.4, -0.2) is 40.8 Å². The zero-order valence-corrected chi connectivity index (χ0v) is 15.5. The zero-order chi connectivity index (χ0) is 20.7. The summed E-state index contributed by atoms with van der Waals surface area (Å²) < 4.78 is 0. The number of rotatable bonds is 6. The van der Waals surface area contributed by atoms with E-state index in [1.165, 1.54) is 38.2 Å². The molecule has 3 amide bonds. The molecule has 1 atom stereocenters. The van der Waals surface area contributed by atoms with Gasteiger partial charge in [0, 0.05) is 31.6 Å². The van der Waals surface area contributed by atoms with Gasteiger partial charge in [-0.1, -0.05) is 12.1 Å². The van der Waals surface area contributed by atoms with Crippen molar-refractivity contribution in [2.45, 2.75) is 19.4 Å². The number of phenolic OH excluding ortho intramolecular Hbond substituents is 1. The molecule has 0 heterocycles. The van der Waals surface area contributed by atoms with Gasteiger partial charge in [-0.15, -0.1) is 0 Å². The molecule has 2 aromatic rings. The lowest BCUT2D eigenvalue weighted by Gasteiger charge is -2.20. The summed E-state index contributed by atoms with van der Waals surface area (Å²) in [5.41, 5.74) is 1.56. The lowest BCUT2D eigenvalue weighted by Crippen LogP contribution is -2.47. The van der Waals surface area contributed by atoms with Crippen molar-refractivity contribution in [3.05, 3.63) is 59.7 Å². The summed E-state index contributed by atoms with van der Waals surface area (Å²) in [5, 5.41) is 23.6. The van der Waals surface area contributed by atoms with Gasteiger partial charge < -0.3 is 15.7 Å². The fourth-order valence-electron chi connectivity index (χ4n) is 2.50. The van der Waals surface area contributed by atoms with Crippen molar-refractivity contribution in [2.24, 2.45) is 0 Å². The molecule has 8 nitrogen and oxygen atoms in total. The molecule has 0 bridgehead atoms. The van der Waals surface area contributed by atoms with E-state index in [0.29, 0.717) is 16.8 Å². The van der Waals surface area contributed by atoms with Crippen LogP contribution in [0, 0.1) is 11.5 Å². The highest BCUT2D eigenvalue weighted by Gasteiger charge is 2.25. The molecule has 8 heteroatoms. The van der Waals surface area contributed by atoms with Gasteiger partial charge in [-0.2, -0.15) is 5.26 Å². The third kappa shape index (κ3) is 5.57. The molecule has 0 aromatic heterocycles. The summed E-state index contributed by atoms with van der Waals surface area (Å²) in [4.78, 5) is 37.0. The van der Waals surface area contributed by atoms with Gasteiger partial charge in [-0.3, -0.25) is 19.3 Å². The minimum absolute atomic E-state index is 0.0871. The minimum Gasteiger partial charge on any atom is -0.508 e. The number of anilines is 1. The third-order valence-electron chi connectivity index (χ3n) is 3.93. The van der Waals surface area contributed by atoms with Crippen molar-refractivity contribution in [3.63, 3.8) is 0 Å². The van der Waals surface area contributed by atoms with E-state index in [2.05, 4.69) is 10.6 Å². The molecule has 0 saturated heterocycles. The van der Waals surface area contributed by atoms with Crippen LogP contribution >= 0.6 is 0 Å². The molecular weight excluding hydrogens is 360 g/mol. The van der Waals surface area contributed by atoms with Crippen LogP contribution in [0.3, 0.4) is 0 Å². The number of amides is 3. The lowest BCUT2D eigenvalue weighted by atomic mass is 10.0. The SMILES string of the molecule is CC(=O)Nc1ccc(C(=O)NC(Cc2ccc(O)cc2)C(=O)N(C)C#N)cc1. The van der Waals surface area contributed by atoms with Crippen molar-refractivity contribution in [2.75, 3.05) is 12.4 Å². The summed E-state index contributed by atoms with van der Waals surface area (Å²) in [6.45, 7) is 1.38. The van der Waals surface area contributed by atoms with Gasteiger partial charge in [-0.25, -0.2) is 0 Å². The Kier molecular flexibility index (Phi) is 6.71. The lowest BCUT2D eigenvalue weighted by molar-refractivity contribution is -0.129. The molecule has 0 aliphatic carbocycles. The molecule has 0 spiro atoms. The van der Waals surface area contributed by atoms with E-state index in [1.807, 2.05) is 0 Å². The Balaban J connectivity index is 2.17. The Morgan fingerprint density at radius 1 is 1.11 bits per heavy atom. The summed E-state index contributed by atoms with van der Waals surface area (Å²) >= 11 is 0. The number of carbonyl (C=O) groups excluding carboxylic acids is 3. The summed E-state index contributed by atoms with van der Waals surface area (Å²) in [7, 11) is 1.32.